The maximum atomic E-state index is 11.9. The zero-order valence-corrected chi connectivity index (χ0v) is 14.7. The fourth-order valence-corrected chi connectivity index (χ4v) is 2.45. The van der Waals surface area contributed by atoms with Gasteiger partial charge in [-0.1, -0.05) is 17.7 Å². The first-order valence-corrected chi connectivity index (χ1v) is 8.18. The minimum absolute atomic E-state index is 0.0358. The van der Waals surface area contributed by atoms with Gasteiger partial charge in [0.15, 0.2) is 0 Å². The molecule has 2 aromatic carbocycles. The Hall–Kier alpha value is -2.41. The summed E-state index contributed by atoms with van der Waals surface area (Å²) in [6.07, 6.45) is 0.875. The van der Waals surface area contributed by atoms with Gasteiger partial charge in [0.05, 0.1) is 17.2 Å². The SMILES string of the molecule is Cc1ccc(OCCCC(=O)Nc2ccc([N+](=O)[O-])cc2Br)cc1. The lowest BCUT2D eigenvalue weighted by atomic mass is 10.2. The number of halogens is 1. The van der Waals surface area contributed by atoms with E-state index in [-0.39, 0.29) is 11.6 Å². The van der Waals surface area contributed by atoms with Gasteiger partial charge >= 0.3 is 0 Å². The topological polar surface area (TPSA) is 81.5 Å². The van der Waals surface area contributed by atoms with E-state index in [0.717, 1.165) is 11.3 Å². The molecule has 0 saturated carbocycles. The molecule has 0 aliphatic rings. The number of rotatable bonds is 7. The smallest absolute Gasteiger partial charge is 0.270 e. The van der Waals surface area contributed by atoms with Crippen LogP contribution in [-0.4, -0.2) is 17.4 Å². The normalized spacial score (nSPS) is 10.2. The van der Waals surface area contributed by atoms with Crippen molar-refractivity contribution in [2.75, 3.05) is 11.9 Å². The predicted molar refractivity (Wildman–Crippen MR) is 95.3 cm³/mol. The molecule has 0 aliphatic carbocycles. The first kappa shape index (κ1) is 17.9. The molecule has 0 aliphatic heterocycles. The molecule has 1 N–H and O–H groups in total. The van der Waals surface area contributed by atoms with E-state index in [4.69, 9.17) is 4.74 Å². The van der Waals surface area contributed by atoms with E-state index in [1.54, 1.807) is 0 Å². The number of non-ortho nitro benzene ring substituents is 1. The maximum absolute atomic E-state index is 11.9. The number of hydrogen-bond donors (Lipinski definition) is 1. The number of aryl methyl sites for hydroxylation is 1. The molecular weight excluding hydrogens is 376 g/mol. The van der Waals surface area contributed by atoms with E-state index >= 15 is 0 Å². The molecule has 0 spiro atoms. The van der Waals surface area contributed by atoms with Gasteiger partial charge in [0, 0.05) is 23.0 Å². The highest BCUT2D eigenvalue weighted by Gasteiger charge is 2.11. The van der Waals surface area contributed by atoms with Crippen molar-refractivity contribution in [3.63, 3.8) is 0 Å². The Morgan fingerprint density at radius 3 is 2.58 bits per heavy atom. The average molecular weight is 393 g/mol. The van der Waals surface area contributed by atoms with E-state index in [2.05, 4.69) is 21.2 Å². The molecule has 126 valence electrons. The number of nitro groups is 1. The lowest BCUT2D eigenvalue weighted by molar-refractivity contribution is -0.384. The number of amides is 1. The number of ether oxygens (including phenoxy) is 1. The number of anilines is 1. The summed E-state index contributed by atoms with van der Waals surface area (Å²) >= 11 is 3.22. The van der Waals surface area contributed by atoms with E-state index in [9.17, 15) is 14.9 Å². The summed E-state index contributed by atoms with van der Waals surface area (Å²) in [5.41, 5.74) is 1.63. The van der Waals surface area contributed by atoms with Gasteiger partial charge in [-0.3, -0.25) is 14.9 Å². The Balaban J connectivity index is 1.77. The summed E-state index contributed by atoms with van der Waals surface area (Å²) in [5.74, 6) is 0.608. The summed E-state index contributed by atoms with van der Waals surface area (Å²) in [5, 5.41) is 13.4. The van der Waals surface area contributed by atoms with Gasteiger partial charge in [0.25, 0.3) is 5.69 Å². The molecule has 0 bridgehead atoms. The van der Waals surface area contributed by atoms with Gasteiger partial charge in [-0.15, -0.1) is 0 Å². The highest BCUT2D eigenvalue weighted by Crippen LogP contribution is 2.27. The van der Waals surface area contributed by atoms with Crippen LogP contribution in [0.3, 0.4) is 0 Å². The summed E-state index contributed by atoms with van der Waals surface area (Å²) in [6.45, 7) is 2.45. The molecule has 0 heterocycles. The summed E-state index contributed by atoms with van der Waals surface area (Å²) in [6, 6.07) is 11.9. The standard InChI is InChI=1S/C17H17BrN2O4/c1-12-4-7-14(8-5-12)24-10-2-3-17(21)19-16-9-6-13(20(22)23)11-15(16)18/h4-9,11H,2-3,10H2,1H3,(H,19,21). The predicted octanol–water partition coefficient (Wildman–Crippen LogP) is 4.46. The quantitative estimate of drug-likeness (QED) is 0.428. The Labute approximate surface area is 148 Å². The van der Waals surface area contributed by atoms with Crippen LogP contribution < -0.4 is 10.1 Å². The lowest BCUT2D eigenvalue weighted by Crippen LogP contribution is -2.13. The van der Waals surface area contributed by atoms with E-state index in [0.29, 0.717) is 29.6 Å². The molecular formula is C17H17BrN2O4. The highest BCUT2D eigenvalue weighted by atomic mass is 79.9. The van der Waals surface area contributed by atoms with Crippen molar-refractivity contribution in [3.05, 3.63) is 62.6 Å². The van der Waals surface area contributed by atoms with Gasteiger partial charge in [-0.25, -0.2) is 0 Å². The summed E-state index contributed by atoms with van der Waals surface area (Å²) in [7, 11) is 0. The molecule has 2 rings (SSSR count). The molecule has 0 radical (unpaired) electrons. The monoisotopic (exact) mass is 392 g/mol. The van der Waals surface area contributed by atoms with Crippen LogP contribution in [0.25, 0.3) is 0 Å². The van der Waals surface area contributed by atoms with Crippen LogP contribution >= 0.6 is 15.9 Å². The third kappa shape index (κ3) is 5.34. The average Bonchev–Trinajstić information content (AvgIpc) is 2.55. The fraction of sp³-hybridized carbons (Fsp3) is 0.235. The molecule has 0 atom stereocenters. The Morgan fingerprint density at radius 2 is 1.96 bits per heavy atom. The first-order chi connectivity index (χ1) is 11.5. The second kappa shape index (κ2) is 8.44. The van der Waals surface area contributed by atoms with Crippen LogP contribution in [0.2, 0.25) is 0 Å². The van der Waals surface area contributed by atoms with Crippen LogP contribution in [0, 0.1) is 17.0 Å². The van der Waals surface area contributed by atoms with Crippen LogP contribution in [0.4, 0.5) is 11.4 Å². The van der Waals surface area contributed by atoms with Gasteiger partial charge in [0.1, 0.15) is 5.75 Å². The molecule has 7 heteroatoms. The van der Waals surface area contributed by atoms with E-state index < -0.39 is 4.92 Å². The van der Waals surface area contributed by atoms with Crippen molar-refractivity contribution in [1.82, 2.24) is 0 Å². The molecule has 0 fully saturated rings. The Morgan fingerprint density at radius 1 is 1.25 bits per heavy atom. The fourth-order valence-electron chi connectivity index (χ4n) is 1.99. The zero-order valence-electron chi connectivity index (χ0n) is 13.1. The molecule has 0 aromatic heterocycles. The number of benzene rings is 2. The van der Waals surface area contributed by atoms with Gasteiger partial charge in [-0.05, 0) is 47.5 Å². The Bertz CT molecular complexity index is 732. The molecule has 2 aromatic rings. The minimum atomic E-state index is -0.487. The van der Waals surface area contributed by atoms with Crippen LogP contribution in [-0.2, 0) is 4.79 Å². The lowest BCUT2D eigenvalue weighted by Gasteiger charge is -2.08. The Kier molecular flexibility index (Phi) is 6.31. The third-order valence-corrected chi connectivity index (χ3v) is 3.93. The van der Waals surface area contributed by atoms with Gasteiger partial charge < -0.3 is 10.1 Å². The van der Waals surface area contributed by atoms with Crippen molar-refractivity contribution in [2.24, 2.45) is 0 Å². The summed E-state index contributed by atoms with van der Waals surface area (Å²) < 4.78 is 6.04. The van der Waals surface area contributed by atoms with Crippen molar-refractivity contribution in [2.45, 2.75) is 19.8 Å². The van der Waals surface area contributed by atoms with Crippen LogP contribution in [0.5, 0.6) is 5.75 Å². The van der Waals surface area contributed by atoms with Crippen LogP contribution in [0.15, 0.2) is 46.9 Å². The molecule has 0 saturated heterocycles. The van der Waals surface area contributed by atoms with Crippen molar-refractivity contribution < 1.29 is 14.5 Å². The number of nitrogens with one attached hydrogen (secondary N) is 1. The van der Waals surface area contributed by atoms with Gasteiger partial charge in [0.2, 0.25) is 5.91 Å². The number of nitro benzene ring substituents is 1. The van der Waals surface area contributed by atoms with E-state index in [1.807, 2.05) is 31.2 Å². The van der Waals surface area contributed by atoms with Gasteiger partial charge in [-0.2, -0.15) is 0 Å². The second-order valence-corrected chi connectivity index (χ2v) is 6.09. The van der Waals surface area contributed by atoms with Crippen molar-refractivity contribution in [1.29, 1.82) is 0 Å². The van der Waals surface area contributed by atoms with E-state index in [1.165, 1.54) is 18.2 Å². The first-order valence-electron chi connectivity index (χ1n) is 7.39. The number of hydrogen-bond acceptors (Lipinski definition) is 4. The second-order valence-electron chi connectivity index (χ2n) is 5.23. The molecule has 6 nitrogen and oxygen atoms in total. The number of carbonyl (C=O) groups excluding carboxylic acids is 1. The van der Waals surface area contributed by atoms with Crippen molar-refractivity contribution in [3.8, 4) is 5.75 Å². The zero-order chi connectivity index (χ0) is 17.5. The molecule has 1 amide bonds. The van der Waals surface area contributed by atoms with Crippen LogP contribution in [0.1, 0.15) is 18.4 Å². The van der Waals surface area contributed by atoms with Crippen molar-refractivity contribution >= 4 is 33.2 Å². The summed E-state index contributed by atoms with van der Waals surface area (Å²) in [4.78, 5) is 22.1. The third-order valence-electron chi connectivity index (χ3n) is 3.28. The highest BCUT2D eigenvalue weighted by molar-refractivity contribution is 9.10. The number of nitrogens with zero attached hydrogens (tertiary/aromatic N) is 1. The number of carbonyl (C=O) groups is 1. The molecule has 24 heavy (non-hydrogen) atoms. The largest absolute Gasteiger partial charge is 0.494 e. The minimum Gasteiger partial charge on any atom is -0.494 e. The molecule has 0 unspecified atom stereocenters. The maximum Gasteiger partial charge on any atom is 0.270 e.